The lowest BCUT2D eigenvalue weighted by atomic mass is 10.1. The highest BCUT2D eigenvalue weighted by molar-refractivity contribution is 6.05. The van der Waals surface area contributed by atoms with Gasteiger partial charge in [-0.3, -0.25) is 19.6 Å². The molecule has 0 spiro atoms. The van der Waals surface area contributed by atoms with E-state index in [1.807, 2.05) is 0 Å². The topological polar surface area (TPSA) is 99.3 Å². The molecular formula is C20H15F5N4O4. The highest BCUT2D eigenvalue weighted by atomic mass is 19.2. The summed E-state index contributed by atoms with van der Waals surface area (Å²) in [5.74, 6) is -11.2. The molecule has 174 valence electrons. The molecule has 0 aliphatic heterocycles. The predicted molar refractivity (Wildman–Crippen MR) is 105 cm³/mol. The Morgan fingerprint density at radius 3 is 2.21 bits per heavy atom. The molecule has 1 heterocycles. The van der Waals surface area contributed by atoms with Gasteiger partial charge in [-0.15, -0.1) is 0 Å². The molecule has 0 aliphatic carbocycles. The van der Waals surface area contributed by atoms with Crippen LogP contribution < -0.4 is 10.1 Å². The first-order valence-electron chi connectivity index (χ1n) is 9.16. The van der Waals surface area contributed by atoms with Crippen molar-refractivity contribution in [1.29, 1.82) is 0 Å². The predicted octanol–water partition coefficient (Wildman–Crippen LogP) is 4.41. The van der Waals surface area contributed by atoms with Crippen LogP contribution in [0.25, 0.3) is 0 Å². The largest absolute Gasteiger partial charge is 0.490 e. The standard InChI is InChI=1S/C20H15F5N4O4/c1-8-19(26-20(30)10-4-5-13(33-3)12(6-10)29(31)32)9(2)28(27-8)7-11-14(21)16(23)18(25)17(24)15(11)22/h4-6H,7H2,1-3H3,(H,26,30). The number of methoxy groups -OCH3 is 1. The average molecular weight is 470 g/mol. The maximum absolute atomic E-state index is 14.0. The van der Waals surface area contributed by atoms with Gasteiger partial charge in [0.05, 0.1) is 41.2 Å². The van der Waals surface area contributed by atoms with Gasteiger partial charge in [0.2, 0.25) is 5.82 Å². The Kier molecular flexibility index (Phi) is 6.33. The zero-order valence-corrected chi connectivity index (χ0v) is 17.3. The van der Waals surface area contributed by atoms with Crippen LogP contribution >= 0.6 is 0 Å². The lowest BCUT2D eigenvalue weighted by molar-refractivity contribution is -0.385. The third-order valence-electron chi connectivity index (χ3n) is 4.87. The van der Waals surface area contributed by atoms with Gasteiger partial charge in [0.1, 0.15) is 0 Å². The molecule has 2 aromatic carbocycles. The number of nitrogens with one attached hydrogen (secondary N) is 1. The zero-order chi connectivity index (χ0) is 24.6. The Labute approximate surface area is 182 Å². The second-order valence-electron chi connectivity index (χ2n) is 6.85. The molecule has 3 rings (SSSR count). The summed E-state index contributed by atoms with van der Waals surface area (Å²) in [6, 6.07) is 3.52. The van der Waals surface area contributed by atoms with Gasteiger partial charge in [0.15, 0.2) is 29.0 Å². The van der Waals surface area contributed by atoms with Crippen LogP contribution in [-0.4, -0.2) is 27.7 Å². The van der Waals surface area contributed by atoms with Crippen molar-refractivity contribution in [2.75, 3.05) is 12.4 Å². The first-order valence-corrected chi connectivity index (χ1v) is 9.16. The van der Waals surface area contributed by atoms with Crippen LogP contribution in [0.4, 0.5) is 33.3 Å². The Balaban J connectivity index is 1.94. The van der Waals surface area contributed by atoms with E-state index in [2.05, 4.69) is 10.4 Å². The number of carbonyl (C=O) groups is 1. The molecule has 0 aliphatic rings. The number of carbonyl (C=O) groups excluding carboxylic acids is 1. The molecule has 1 aromatic heterocycles. The van der Waals surface area contributed by atoms with Gasteiger partial charge in [0.25, 0.3) is 5.91 Å². The minimum Gasteiger partial charge on any atom is -0.490 e. The van der Waals surface area contributed by atoms with E-state index in [-0.39, 0.29) is 28.4 Å². The summed E-state index contributed by atoms with van der Waals surface area (Å²) in [6.07, 6.45) is 0. The molecule has 0 unspecified atom stereocenters. The second-order valence-corrected chi connectivity index (χ2v) is 6.85. The summed E-state index contributed by atoms with van der Waals surface area (Å²) < 4.78 is 74.1. The Hall–Kier alpha value is -4.03. The third-order valence-corrected chi connectivity index (χ3v) is 4.87. The van der Waals surface area contributed by atoms with Crippen molar-refractivity contribution in [2.24, 2.45) is 0 Å². The number of hydrogen-bond acceptors (Lipinski definition) is 5. The molecule has 3 aromatic rings. The van der Waals surface area contributed by atoms with E-state index in [1.54, 1.807) is 0 Å². The summed E-state index contributed by atoms with van der Waals surface area (Å²) >= 11 is 0. The summed E-state index contributed by atoms with van der Waals surface area (Å²) in [5, 5.41) is 17.6. The second kappa shape index (κ2) is 8.84. The maximum Gasteiger partial charge on any atom is 0.311 e. The number of ether oxygens (including phenoxy) is 1. The number of anilines is 1. The molecule has 8 nitrogen and oxygen atoms in total. The average Bonchev–Trinajstić information content (AvgIpc) is 3.05. The summed E-state index contributed by atoms with van der Waals surface area (Å²) in [5.41, 5.74) is -1.21. The van der Waals surface area contributed by atoms with Crippen molar-refractivity contribution in [1.82, 2.24) is 9.78 Å². The Morgan fingerprint density at radius 2 is 1.67 bits per heavy atom. The molecule has 0 saturated heterocycles. The zero-order valence-electron chi connectivity index (χ0n) is 17.3. The highest BCUT2D eigenvalue weighted by Gasteiger charge is 2.27. The Bertz CT molecular complexity index is 1260. The summed E-state index contributed by atoms with van der Waals surface area (Å²) in [6.45, 7) is 2.04. The minimum absolute atomic E-state index is 0.0560. The van der Waals surface area contributed by atoms with E-state index in [4.69, 9.17) is 4.74 Å². The molecular weight excluding hydrogens is 455 g/mol. The van der Waals surface area contributed by atoms with E-state index in [1.165, 1.54) is 33.1 Å². The first-order chi connectivity index (χ1) is 15.5. The lowest BCUT2D eigenvalue weighted by Crippen LogP contribution is -2.15. The van der Waals surface area contributed by atoms with Crippen molar-refractivity contribution in [2.45, 2.75) is 20.4 Å². The quantitative estimate of drug-likeness (QED) is 0.189. The third kappa shape index (κ3) is 4.21. The number of rotatable bonds is 6. The van der Waals surface area contributed by atoms with Crippen LogP contribution in [0.15, 0.2) is 18.2 Å². The Morgan fingerprint density at radius 1 is 1.09 bits per heavy atom. The van der Waals surface area contributed by atoms with Crippen molar-refractivity contribution in [3.63, 3.8) is 0 Å². The van der Waals surface area contributed by atoms with Crippen molar-refractivity contribution >= 4 is 17.3 Å². The van der Waals surface area contributed by atoms with Crippen molar-refractivity contribution in [3.8, 4) is 5.75 Å². The van der Waals surface area contributed by atoms with Crippen LogP contribution in [0.3, 0.4) is 0 Å². The fourth-order valence-corrected chi connectivity index (χ4v) is 3.13. The fraction of sp³-hybridized carbons (Fsp3) is 0.200. The van der Waals surface area contributed by atoms with Crippen molar-refractivity contribution < 1.29 is 36.4 Å². The van der Waals surface area contributed by atoms with Crippen LogP contribution in [0.5, 0.6) is 5.75 Å². The number of nitro benzene ring substituents is 1. The highest BCUT2D eigenvalue weighted by Crippen LogP contribution is 2.29. The molecule has 33 heavy (non-hydrogen) atoms. The summed E-state index contributed by atoms with van der Waals surface area (Å²) in [7, 11) is 1.23. The number of halogens is 5. The van der Waals surface area contributed by atoms with Gasteiger partial charge in [0, 0.05) is 11.6 Å². The van der Waals surface area contributed by atoms with Gasteiger partial charge in [-0.05, 0) is 26.0 Å². The van der Waals surface area contributed by atoms with E-state index >= 15 is 0 Å². The molecule has 13 heteroatoms. The molecule has 1 amide bonds. The van der Waals surface area contributed by atoms with Gasteiger partial charge in [-0.2, -0.15) is 5.10 Å². The van der Waals surface area contributed by atoms with E-state index < -0.39 is 57.7 Å². The monoisotopic (exact) mass is 470 g/mol. The van der Waals surface area contributed by atoms with Gasteiger partial charge < -0.3 is 10.1 Å². The van der Waals surface area contributed by atoms with Gasteiger partial charge >= 0.3 is 5.69 Å². The fourth-order valence-electron chi connectivity index (χ4n) is 3.13. The molecule has 1 N–H and O–H groups in total. The normalized spacial score (nSPS) is 10.9. The molecule has 0 bridgehead atoms. The molecule has 0 saturated carbocycles. The van der Waals surface area contributed by atoms with E-state index in [0.29, 0.717) is 0 Å². The number of hydrogen-bond donors (Lipinski definition) is 1. The SMILES string of the molecule is COc1ccc(C(=O)Nc2c(C)nn(Cc3c(F)c(F)c(F)c(F)c3F)c2C)cc1[N+](=O)[O-]. The van der Waals surface area contributed by atoms with Crippen LogP contribution in [0.1, 0.15) is 27.3 Å². The maximum atomic E-state index is 14.0. The summed E-state index contributed by atoms with van der Waals surface area (Å²) in [4.78, 5) is 23.1. The van der Waals surface area contributed by atoms with E-state index in [9.17, 15) is 36.9 Å². The minimum atomic E-state index is -2.27. The smallest absolute Gasteiger partial charge is 0.311 e. The number of aryl methyl sites for hydroxylation is 1. The number of nitrogens with zero attached hydrogens (tertiary/aromatic N) is 3. The number of amides is 1. The van der Waals surface area contributed by atoms with Gasteiger partial charge in [-0.1, -0.05) is 0 Å². The first kappa shape index (κ1) is 23.6. The number of benzene rings is 2. The lowest BCUT2D eigenvalue weighted by Gasteiger charge is -2.10. The molecule has 0 fully saturated rings. The number of aromatic nitrogens is 2. The van der Waals surface area contributed by atoms with E-state index in [0.717, 1.165) is 10.7 Å². The van der Waals surface area contributed by atoms with Gasteiger partial charge in [-0.25, -0.2) is 22.0 Å². The van der Waals surface area contributed by atoms with Crippen LogP contribution in [0, 0.1) is 53.0 Å². The van der Waals surface area contributed by atoms with Crippen molar-refractivity contribution in [3.05, 3.63) is 79.9 Å². The number of nitro groups is 1. The van der Waals surface area contributed by atoms with Crippen LogP contribution in [0.2, 0.25) is 0 Å². The molecule has 0 atom stereocenters. The van der Waals surface area contributed by atoms with Crippen LogP contribution in [-0.2, 0) is 6.54 Å². The molecule has 0 radical (unpaired) electrons.